The number of nitrogens with one attached hydrogen (secondary N) is 1. The number of aliphatic hydroxyl groups excluding tert-OH is 5. The molecule has 370 valence electrons. The number of nitrogens with zero attached hydrogens (tertiary/aromatic N) is 1. The highest BCUT2D eigenvalue weighted by Gasteiger charge is 2.73. The first-order valence-electron chi connectivity index (χ1n) is 23.9. The maximum Gasteiger partial charge on any atom is 0.311 e. The number of cyclic esters (lactones) is 1. The van der Waals surface area contributed by atoms with E-state index in [2.05, 4.69) is 5.32 Å². The number of rotatable bonds is 11. The molecular formula is C49H79FN2O13. The Bertz CT molecular complexity index is 1810. The molecule has 0 amide bonds. The molecule has 0 radical (unpaired) electrons. The number of Topliss-reactive ketones (excluding diaryl/α,β-unsaturated/α-hetero) is 1. The Morgan fingerprint density at radius 2 is 1.63 bits per heavy atom. The van der Waals surface area contributed by atoms with Crippen LogP contribution in [0.3, 0.4) is 0 Å². The highest BCUT2D eigenvalue weighted by molar-refractivity contribution is 6.01. The van der Waals surface area contributed by atoms with E-state index < -0.39 is 124 Å². The molecule has 4 fully saturated rings. The van der Waals surface area contributed by atoms with Gasteiger partial charge in [-0.05, 0) is 115 Å². The summed E-state index contributed by atoms with van der Waals surface area (Å²) in [5.74, 6) is -6.40. The zero-order valence-electron chi connectivity index (χ0n) is 40.2. The Labute approximate surface area is 384 Å². The van der Waals surface area contributed by atoms with Crippen molar-refractivity contribution in [1.29, 1.82) is 0 Å². The molecule has 16 heteroatoms. The van der Waals surface area contributed by atoms with Crippen LogP contribution in [-0.2, 0) is 28.7 Å². The molecule has 4 unspecified atom stereocenters. The number of aliphatic hydroxyl groups is 7. The molecule has 1 saturated heterocycles. The van der Waals surface area contributed by atoms with Crippen molar-refractivity contribution >= 4 is 23.5 Å². The van der Waals surface area contributed by atoms with E-state index in [1.807, 2.05) is 25.7 Å². The van der Waals surface area contributed by atoms with Gasteiger partial charge in [0.2, 0.25) is 5.78 Å². The van der Waals surface area contributed by atoms with E-state index >= 15 is 4.39 Å². The Balaban J connectivity index is 1.26. The van der Waals surface area contributed by atoms with Crippen molar-refractivity contribution in [3.8, 4) is 0 Å². The number of carbonyl (C=O) groups excluding carboxylic acids is 4. The van der Waals surface area contributed by atoms with E-state index in [0.717, 1.165) is 0 Å². The predicted molar refractivity (Wildman–Crippen MR) is 238 cm³/mol. The smallest absolute Gasteiger partial charge is 0.311 e. The number of hydrogen-bond donors (Lipinski definition) is 8. The molecule has 4 aliphatic carbocycles. The molecule has 8 N–H and O–H groups in total. The van der Waals surface area contributed by atoms with Crippen LogP contribution in [0.25, 0.3) is 0 Å². The lowest BCUT2D eigenvalue weighted by Gasteiger charge is -2.60. The van der Waals surface area contributed by atoms with Crippen molar-refractivity contribution < 1.29 is 68.8 Å². The highest BCUT2D eigenvalue weighted by atomic mass is 19.1. The Kier molecular flexibility index (Phi) is 16.5. The van der Waals surface area contributed by atoms with Crippen LogP contribution in [0.1, 0.15) is 114 Å². The minimum atomic E-state index is -1.90. The summed E-state index contributed by atoms with van der Waals surface area (Å²) < 4.78 is 28.0. The number of carbonyl (C=O) groups is 4. The first-order valence-corrected chi connectivity index (χ1v) is 23.9. The zero-order chi connectivity index (χ0) is 48.8. The van der Waals surface area contributed by atoms with Gasteiger partial charge in [-0.2, -0.15) is 0 Å². The molecule has 0 aromatic heterocycles. The molecule has 5 rings (SSSR count). The first kappa shape index (κ1) is 53.3. The third kappa shape index (κ3) is 9.81. The number of alkyl halides is 1. The lowest BCUT2D eigenvalue weighted by Crippen LogP contribution is -2.65. The summed E-state index contributed by atoms with van der Waals surface area (Å²) in [6.07, 6.45) is -2.10. The Morgan fingerprint density at radius 1 is 0.969 bits per heavy atom. The maximum absolute atomic E-state index is 16.0. The van der Waals surface area contributed by atoms with Gasteiger partial charge in [-0.3, -0.25) is 24.1 Å². The van der Waals surface area contributed by atoms with Crippen molar-refractivity contribution in [2.24, 2.45) is 52.3 Å². The molecule has 65 heavy (non-hydrogen) atoms. The molecule has 19 atom stereocenters. The van der Waals surface area contributed by atoms with Gasteiger partial charge in [0.25, 0.3) is 0 Å². The summed E-state index contributed by atoms with van der Waals surface area (Å²) in [7, 11) is 0. The number of esters is 2. The average Bonchev–Trinajstić information content (AvgIpc) is 3.46. The van der Waals surface area contributed by atoms with Gasteiger partial charge in [0.15, 0.2) is 11.4 Å². The largest absolute Gasteiger partial charge is 0.459 e. The lowest BCUT2D eigenvalue weighted by atomic mass is 9.46. The van der Waals surface area contributed by atoms with Crippen LogP contribution in [0.15, 0.2) is 23.8 Å². The zero-order valence-corrected chi connectivity index (χ0v) is 40.2. The molecule has 3 saturated carbocycles. The third-order valence-corrected chi connectivity index (χ3v) is 16.9. The Hall–Kier alpha value is -2.67. The van der Waals surface area contributed by atoms with Gasteiger partial charge >= 0.3 is 11.9 Å². The fourth-order valence-corrected chi connectivity index (χ4v) is 13.4. The van der Waals surface area contributed by atoms with Crippen LogP contribution in [0.2, 0.25) is 0 Å². The van der Waals surface area contributed by atoms with Gasteiger partial charge in [0, 0.05) is 47.7 Å². The summed E-state index contributed by atoms with van der Waals surface area (Å²) in [6.45, 7) is 17.1. The topological polar surface area (TPSA) is 244 Å². The van der Waals surface area contributed by atoms with Crippen LogP contribution >= 0.6 is 0 Å². The van der Waals surface area contributed by atoms with Crippen molar-refractivity contribution in [3.05, 3.63) is 23.8 Å². The van der Waals surface area contributed by atoms with Gasteiger partial charge in [-0.25, -0.2) is 4.39 Å². The van der Waals surface area contributed by atoms with Crippen LogP contribution in [-0.4, -0.2) is 156 Å². The molecule has 0 bridgehead atoms. The second-order valence-corrected chi connectivity index (χ2v) is 21.6. The predicted octanol–water partition coefficient (Wildman–Crippen LogP) is 2.58. The SMILES string of the molecule is CC[C@H]1OC(=O)[C@H](C)[C@@H](O)[C@H](C)[C@@H](O)[C@](C)(O)C[C@@H](C)CN(CCCNCCC(=O)O[C@]2(C(=O)CO)[C@H](C)CC3C4C[C@H](F)C5=CC(=O)C=C[C@]5(C)C4C(O)C[C@@]32C)[C@H](C)[C@@H](O)[C@]1(C)O. The van der Waals surface area contributed by atoms with Crippen molar-refractivity contribution in [2.45, 2.75) is 174 Å². The molecule has 0 aromatic rings. The van der Waals surface area contributed by atoms with Crippen LogP contribution in [0, 0.1) is 52.3 Å². The summed E-state index contributed by atoms with van der Waals surface area (Å²) in [4.78, 5) is 55.2. The van der Waals surface area contributed by atoms with E-state index in [1.165, 1.54) is 32.9 Å². The third-order valence-electron chi connectivity index (χ3n) is 16.9. The van der Waals surface area contributed by atoms with Crippen LogP contribution < -0.4 is 5.32 Å². The van der Waals surface area contributed by atoms with Crippen molar-refractivity contribution in [1.82, 2.24) is 10.2 Å². The maximum atomic E-state index is 16.0. The number of fused-ring (bicyclic) bond motifs is 5. The van der Waals surface area contributed by atoms with E-state index in [0.29, 0.717) is 38.0 Å². The summed E-state index contributed by atoms with van der Waals surface area (Å²) >= 11 is 0. The number of allylic oxidation sites excluding steroid dienone is 4. The van der Waals surface area contributed by atoms with E-state index in [-0.39, 0.29) is 56.3 Å². The molecule has 15 nitrogen and oxygen atoms in total. The van der Waals surface area contributed by atoms with E-state index in [9.17, 15) is 54.9 Å². The minimum absolute atomic E-state index is 0.0498. The van der Waals surface area contributed by atoms with E-state index in [1.54, 1.807) is 33.8 Å². The molecule has 5 aliphatic rings. The van der Waals surface area contributed by atoms with Gasteiger partial charge in [0.05, 0.1) is 36.3 Å². The molecular weight excluding hydrogens is 844 g/mol. The van der Waals surface area contributed by atoms with Gasteiger partial charge in [-0.15, -0.1) is 0 Å². The van der Waals surface area contributed by atoms with Crippen LogP contribution in [0.4, 0.5) is 4.39 Å². The first-order chi connectivity index (χ1) is 30.2. The standard InChI is InChI=1S/C49H79FN2O13/c1-11-38-48(10,63)43(60)30(6)52(24-26(2)22-47(9,62)42(59)28(4)41(58)29(5)44(61)64-38)18-12-16-51-17-14-39(57)65-49(37(56)25-53)27(3)19-33-32-21-35(50)34-20-31(54)13-15-45(34,7)40(32)36(55)23-46(33,49)8/h13,15,20,26-30,32-33,35-36,38,40-43,51,53,55,58-60,62-63H,11-12,14,16-19,21-25H2,1-10H3/t26-,27-,28+,29-,30-,32?,33?,35+,36?,38-,40?,41+,42-,43-,45+,46+,47-,48-,49+/m1/s1. The second kappa shape index (κ2) is 20.1. The lowest BCUT2D eigenvalue weighted by molar-refractivity contribution is -0.206. The Morgan fingerprint density at radius 3 is 2.26 bits per heavy atom. The highest BCUT2D eigenvalue weighted by Crippen LogP contribution is 2.69. The van der Waals surface area contributed by atoms with Gasteiger partial charge < -0.3 is 50.5 Å². The average molecular weight is 923 g/mol. The molecule has 0 spiro atoms. The summed E-state index contributed by atoms with van der Waals surface area (Å²) in [6, 6.07) is -0.682. The number of hydrogen-bond acceptors (Lipinski definition) is 15. The normalized spacial score (nSPS) is 46.5. The fraction of sp³-hybridized carbons (Fsp3) is 0.837. The molecule has 1 aliphatic heterocycles. The quantitative estimate of drug-likeness (QED) is 0.110. The van der Waals surface area contributed by atoms with Crippen molar-refractivity contribution in [3.63, 3.8) is 0 Å². The van der Waals surface area contributed by atoms with Crippen molar-refractivity contribution in [2.75, 3.05) is 32.8 Å². The second-order valence-electron chi connectivity index (χ2n) is 21.6. The monoisotopic (exact) mass is 923 g/mol. The summed E-state index contributed by atoms with van der Waals surface area (Å²) in [5, 5.41) is 82.7. The molecule has 0 aromatic carbocycles. The summed E-state index contributed by atoms with van der Waals surface area (Å²) in [5.41, 5.74) is -6.99. The molecule has 1 heterocycles. The van der Waals surface area contributed by atoms with Gasteiger partial charge in [-0.1, -0.05) is 47.6 Å². The van der Waals surface area contributed by atoms with Crippen LogP contribution in [0.5, 0.6) is 0 Å². The number of ketones is 2. The minimum Gasteiger partial charge on any atom is -0.459 e. The van der Waals surface area contributed by atoms with Gasteiger partial charge in [0.1, 0.15) is 30.6 Å². The fourth-order valence-electron chi connectivity index (χ4n) is 13.4. The number of halogens is 1. The van der Waals surface area contributed by atoms with E-state index in [4.69, 9.17) is 9.47 Å². The number of ether oxygens (including phenoxy) is 2.